The lowest BCUT2D eigenvalue weighted by molar-refractivity contribution is -0.143. The Balaban J connectivity index is 2.12. The number of carboxylic acids is 2. The first-order chi connectivity index (χ1) is 11.7. The number of nitrogens with one attached hydrogen (secondary N) is 1. The first-order valence-corrected chi connectivity index (χ1v) is 7.46. The summed E-state index contributed by atoms with van der Waals surface area (Å²) in [5, 5.41) is 19.9. The Hall–Kier alpha value is -3.23. The third-order valence-electron chi connectivity index (χ3n) is 3.85. The molecule has 9 heteroatoms. The molecule has 132 valence electrons. The molecule has 1 heterocycles. The van der Waals surface area contributed by atoms with Gasteiger partial charge in [-0.3, -0.25) is 24.1 Å². The maximum atomic E-state index is 12.3. The molecule has 1 aliphatic rings. The van der Waals surface area contributed by atoms with Gasteiger partial charge in [0.2, 0.25) is 5.91 Å². The van der Waals surface area contributed by atoms with Crippen molar-refractivity contribution in [3.05, 3.63) is 35.4 Å². The molecular formula is C16H16N2O7. The lowest BCUT2D eigenvalue weighted by Gasteiger charge is -2.23. The van der Waals surface area contributed by atoms with Crippen LogP contribution in [0, 0.1) is 0 Å². The van der Waals surface area contributed by atoms with Gasteiger partial charge in [0, 0.05) is 6.42 Å². The number of carbonyl (C=O) groups excluding carboxylic acids is 3. The third-order valence-corrected chi connectivity index (χ3v) is 3.85. The molecule has 2 rings (SSSR count). The monoisotopic (exact) mass is 348 g/mol. The normalized spacial score (nSPS) is 15.5. The summed E-state index contributed by atoms with van der Waals surface area (Å²) in [5.74, 6) is -4.73. The van der Waals surface area contributed by atoms with Crippen LogP contribution in [0.15, 0.2) is 24.3 Å². The van der Waals surface area contributed by atoms with Crippen LogP contribution in [0.3, 0.4) is 0 Å². The summed E-state index contributed by atoms with van der Waals surface area (Å²) in [6.07, 6.45) is -0.760. The average molecular weight is 348 g/mol. The summed E-state index contributed by atoms with van der Waals surface area (Å²) < 4.78 is 0. The summed E-state index contributed by atoms with van der Waals surface area (Å²) in [6, 6.07) is 3.44. The maximum absolute atomic E-state index is 12.3. The highest BCUT2D eigenvalue weighted by molar-refractivity contribution is 6.22. The van der Waals surface area contributed by atoms with Gasteiger partial charge in [0.25, 0.3) is 11.8 Å². The zero-order valence-electron chi connectivity index (χ0n) is 13.3. The van der Waals surface area contributed by atoms with Crippen molar-refractivity contribution in [2.24, 2.45) is 0 Å². The maximum Gasteiger partial charge on any atom is 0.326 e. The Morgan fingerprint density at radius 1 is 1.08 bits per heavy atom. The van der Waals surface area contributed by atoms with Gasteiger partial charge in [0.15, 0.2) is 0 Å². The van der Waals surface area contributed by atoms with Crippen LogP contribution in [0.1, 0.15) is 40.5 Å². The first kappa shape index (κ1) is 18.1. The van der Waals surface area contributed by atoms with Crippen molar-refractivity contribution in [2.75, 3.05) is 0 Å². The largest absolute Gasteiger partial charge is 0.481 e. The van der Waals surface area contributed by atoms with E-state index in [9.17, 15) is 24.0 Å². The lowest BCUT2D eigenvalue weighted by Crippen LogP contribution is -2.52. The second kappa shape index (κ2) is 7.12. The van der Waals surface area contributed by atoms with Crippen LogP contribution in [-0.2, 0) is 14.4 Å². The van der Waals surface area contributed by atoms with Crippen LogP contribution in [0.25, 0.3) is 0 Å². The van der Waals surface area contributed by atoms with Gasteiger partial charge in [0.1, 0.15) is 12.1 Å². The molecule has 1 aromatic carbocycles. The zero-order valence-corrected chi connectivity index (χ0v) is 13.3. The number of fused-ring (bicyclic) bond motifs is 1. The van der Waals surface area contributed by atoms with Gasteiger partial charge in [-0.2, -0.15) is 0 Å². The van der Waals surface area contributed by atoms with E-state index in [0.29, 0.717) is 0 Å². The number of benzene rings is 1. The summed E-state index contributed by atoms with van der Waals surface area (Å²) in [5.41, 5.74) is 0.348. The van der Waals surface area contributed by atoms with Crippen molar-refractivity contribution in [3.8, 4) is 0 Å². The summed E-state index contributed by atoms with van der Waals surface area (Å²) >= 11 is 0. The molecule has 3 N–H and O–H groups in total. The number of rotatable bonds is 7. The van der Waals surface area contributed by atoms with Crippen molar-refractivity contribution in [1.29, 1.82) is 0 Å². The molecule has 0 fully saturated rings. The van der Waals surface area contributed by atoms with Crippen molar-refractivity contribution in [1.82, 2.24) is 10.2 Å². The van der Waals surface area contributed by atoms with Crippen molar-refractivity contribution >= 4 is 29.7 Å². The van der Waals surface area contributed by atoms with E-state index in [-0.39, 0.29) is 17.5 Å². The SMILES string of the molecule is CC(C(=O)NC(CCC(=O)O)C(=O)O)N1C(=O)c2ccccc2C1=O. The zero-order chi connectivity index (χ0) is 18.7. The van der Waals surface area contributed by atoms with Crippen LogP contribution < -0.4 is 5.32 Å². The van der Waals surface area contributed by atoms with Gasteiger partial charge in [-0.25, -0.2) is 4.79 Å². The Morgan fingerprint density at radius 3 is 2.04 bits per heavy atom. The van der Waals surface area contributed by atoms with E-state index in [1.807, 2.05) is 0 Å². The minimum atomic E-state index is -1.43. The minimum absolute atomic E-state index is 0.174. The number of carbonyl (C=O) groups is 5. The number of hydrogen-bond acceptors (Lipinski definition) is 5. The smallest absolute Gasteiger partial charge is 0.326 e. The molecule has 3 amide bonds. The van der Waals surface area contributed by atoms with E-state index in [4.69, 9.17) is 10.2 Å². The van der Waals surface area contributed by atoms with Gasteiger partial charge >= 0.3 is 11.9 Å². The Labute approximate surface area is 142 Å². The Bertz CT molecular complexity index is 724. The minimum Gasteiger partial charge on any atom is -0.481 e. The van der Waals surface area contributed by atoms with Gasteiger partial charge in [-0.15, -0.1) is 0 Å². The number of aliphatic carboxylic acids is 2. The van der Waals surface area contributed by atoms with Crippen LogP contribution >= 0.6 is 0 Å². The fraction of sp³-hybridized carbons (Fsp3) is 0.312. The fourth-order valence-electron chi connectivity index (χ4n) is 2.49. The van der Waals surface area contributed by atoms with Gasteiger partial charge in [0.05, 0.1) is 11.1 Å². The lowest BCUT2D eigenvalue weighted by atomic mass is 10.1. The molecule has 0 bridgehead atoms. The van der Waals surface area contributed by atoms with Gasteiger partial charge < -0.3 is 15.5 Å². The van der Waals surface area contributed by atoms with Gasteiger partial charge in [-0.1, -0.05) is 12.1 Å². The van der Waals surface area contributed by atoms with Gasteiger partial charge in [-0.05, 0) is 25.5 Å². The standard InChI is InChI=1S/C16H16N2O7/c1-8(13(21)17-11(16(24)25)6-7-12(19)20)18-14(22)9-4-2-3-5-10(9)15(18)23/h2-5,8,11H,6-7H2,1H3,(H,17,21)(H,19,20)(H,24,25). The van der Waals surface area contributed by atoms with Crippen molar-refractivity contribution < 1.29 is 34.2 Å². The number of hydrogen-bond donors (Lipinski definition) is 3. The molecule has 0 radical (unpaired) electrons. The molecule has 25 heavy (non-hydrogen) atoms. The van der Waals surface area contributed by atoms with E-state index in [1.165, 1.54) is 19.1 Å². The molecule has 1 aliphatic heterocycles. The predicted molar refractivity (Wildman–Crippen MR) is 82.8 cm³/mol. The summed E-state index contributed by atoms with van der Waals surface area (Å²) in [4.78, 5) is 59.4. The molecule has 0 saturated heterocycles. The Kier molecular flexibility index (Phi) is 5.16. The van der Waals surface area contributed by atoms with Crippen molar-refractivity contribution in [2.45, 2.75) is 31.8 Å². The quantitative estimate of drug-likeness (QED) is 0.594. The highest BCUT2D eigenvalue weighted by Crippen LogP contribution is 2.24. The molecule has 2 atom stereocenters. The molecule has 0 aliphatic carbocycles. The van der Waals surface area contributed by atoms with Crippen LogP contribution in [-0.4, -0.2) is 56.9 Å². The number of carboxylic acid groups (broad SMARTS) is 2. The molecule has 1 aromatic rings. The first-order valence-electron chi connectivity index (χ1n) is 7.46. The van der Waals surface area contributed by atoms with E-state index in [1.54, 1.807) is 12.1 Å². The molecule has 0 spiro atoms. The second-order valence-corrected chi connectivity index (χ2v) is 5.53. The third kappa shape index (κ3) is 3.65. The van der Waals surface area contributed by atoms with Crippen LogP contribution in [0.2, 0.25) is 0 Å². The average Bonchev–Trinajstić information content (AvgIpc) is 2.81. The van der Waals surface area contributed by atoms with E-state index >= 15 is 0 Å². The number of nitrogens with zero attached hydrogens (tertiary/aromatic N) is 1. The number of amides is 3. The van der Waals surface area contributed by atoms with Crippen molar-refractivity contribution in [3.63, 3.8) is 0 Å². The molecular weight excluding hydrogens is 332 g/mol. The highest BCUT2D eigenvalue weighted by atomic mass is 16.4. The molecule has 0 saturated carbocycles. The second-order valence-electron chi connectivity index (χ2n) is 5.53. The summed E-state index contributed by atoms with van der Waals surface area (Å²) in [7, 11) is 0. The van der Waals surface area contributed by atoms with E-state index in [0.717, 1.165) is 4.90 Å². The highest BCUT2D eigenvalue weighted by Gasteiger charge is 2.41. The fourth-order valence-corrected chi connectivity index (χ4v) is 2.49. The Morgan fingerprint density at radius 2 is 1.60 bits per heavy atom. The molecule has 9 nitrogen and oxygen atoms in total. The van der Waals surface area contributed by atoms with E-state index < -0.39 is 48.2 Å². The predicted octanol–water partition coefficient (Wildman–Crippen LogP) is 0.105. The summed E-state index contributed by atoms with van der Waals surface area (Å²) in [6.45, 7) is 1.30. The van der Waals surface area contributed by atoms with Crippen LogP contribution in [0.5, 0.6) is 0 Å². The number of imide groups is 1. The van der Waals surface area contributed by atoms with Crippen LogP contribution in [0.4, 0.5) is 0 Å². The van der Waals surface area contributed by atoms with E-state index in [2.05, 4.69) is 5.32 Å². The topological polar surface area (TPSA) is 141 Å². The molecule has 2 unspecified atom stereocenters. The molecule has 0 aromatic heterocycles.